The first-order valence-corrected chi connectivity index (χ1v) is 12.5. The smallest absolute Gasteiger partial charge is 0.369 e. The fourth-order valence-corrected chi connectivity index (χ4v) is 4.67. The Morgan fingerprint density at radius 3 is 2.21 bits per heavy atom. The molecule has 2 heterocycles. The van der Waals surface area contributed by atoms with Gasteiger partial charge in [-0.15, -0.1) is 0 Å². The van der Waals surface area contributed by atoms with Crippen molar-refractivity contribution in [3.63, 3.8) is 0 Å². The molecule has 1 aliphatic heterocycles. The van der Waals surface area contributed by atoms with Crippen LogP contribution in [0.2, 0.25) is 0 Å². The molecular formula is C28H30F3N5O2. The predicted molar refractivity (Wildman–Crippen MR) is 137 cm³/mol. The average molecular weight is 526 g/mol. The number of piperazine rings is 1. The molecule has 0 spiro atoms. The van der Waals surface area contributed by atoms with E-state index in [-0.39, 0.29) is 30.9 Å². The Kier molecular flexibility index (Phi) is 8.29. The number of amides is 2. The molecule has 0 bridgehead atoms. The summed E-state index contributed by atoms with van der Waals surface area (Å²) in [6.07, 6.45) is -3.06. The van der Waals surface area contributed by atoms with Gasteiger partial charge in [0, 0.05) is 51.4 Å². The van der Waals surface area contributed by atoms with Gasteiger partial charge in [0.05, 0.1) is 17.7 Å². The zero-order valence-corrected chi connectivity index (χ0v) is 21.2. The van der Waals surface area contributed by atoms with Crippen LogP contribution >= 0.6 is 0 Å². The summed E-state index contributed by atoms with van der Waals surface area (Å²) in [5.41, 5.74) is 7.77. The second-order valence-corrected chi connectivity index (χ2v) is 9.39. The zero-order chi connectivity index (χ0) is 27.3. The number of halogens is 3. The van der Waals surface area contributed by atoms with Gasteiger partial charge in [0.1, 0.15) is 5.82 Å². The molecule has 0 aliphatic carbocycles. The number of aryl methyl sites for hydroxylation is 2. The highest BCUT2D eigenvalue weighted by atomic mass is 19.4. The third-order valence-corrected chi connectivity index (χ3v) is 6.73. The van der Waals surface area contributed by atoms with E-state index < -0.39 is 17.6 Å². The SMILES string of the molecule is CC(=O)N1CCN(c2ccc(Cc3ncc(C(F)(F)F)c(CCc4ccccc4CC(N)=O)n3)cc2)CC1. The number of nitrogens with two attached hydrogens (primary N) is 1. The van der Waals surface area contributed by atoms with Crippen LogP contribution in [0.5, 0.6) is 0 Å². The summed E-state index contributed by atoms with van der Waals surface area (Å²) in [6, 6.07) is 14.9. The van der Waals surface area contributed by atoms with Crippen molar-refractivity contribution in [1.82, 2.24) is 14.9 Å². The Morgan fingerprint density at radius 1 is 0.947 bits per heavy atom. The van der Waals surface area contributed by atoms with Gasteiger partial charge in [0.25, 0.3) is 0 Å². The van der Waals surface area contributed by atoms with Crippen LogP contribution in [0.15, 0.2) is 54.7 Å². The molecule has 2 N–H and O–H groups in total. The monoisotopic (exact) mass is 525 g/mol. The first kappa shape index (κ1) is 27.1. The number of carbonyl (C=O) groups is 2. The maximum atomic E-state index is 13.7. The summed E-state index contributed by atoms with van der Waals surface area (Å²) in [4.78, 5) is 35.3. The van der Waals surface area contributed by atoms with E-state index in [1.807, 2.05) is 29.2 Å². The lowest BCUT2D eigenvalue weighted by molar-refractivity contribution is -0.138. The second kappa shape index (κ2) is 11.6. The molecule has 0 saturated carbocycles. The summed E-state index contributed by atoms with van der Waals surface area (Å²) < 4.78 is 41.1. The molecule has 4 rings (SSSR count). The highest BCUT2D eigenvalue weighted by molar-refractivity contribution is 5.77. The van der Waals surface area contributed by atoms with Gasteiger partial charge >= 0.3 is 6.18 Å². The first-order valence-electron chi connectivity index (χ1n) is 12.5. The molecule has 2 amide bonds. The van der Waals surface area contributed by atoms with E-state index in [0.717, 1.165) is 36.1 Å². The molecule has 2 aromatic carbocycles. The summed E-state index contributed by atoms with van der Waals surface area (Å²) >= 11 is 0. The quantitative estimate of drug-likeness (QED) is 0.486. The lowest BCUT2D eigenvalue weighted by Crippen LogP contribution is -2.48. The van der Waals surface area contributed by atoms with Crippen LogP contribution in [0.1, 0.15) is 40.7 Å². The number of primary amides is 1. The van der Waals surface area contributed by atoms with Gasteiger partial charge in [0.15, 0.2) is 0 Å². The number of rotatable bonds is 8. The highest BCUT2D eigenvalue weighted by Crippen LogP contribution is 2.32. The van der Waals surface area contributed by atoms with Crippen molar-refractivity contribution in [1.29, 1.82) is 0 Å². The Morgan fingerprint density at radius 2 is 1.61 bits per heavy atom. The van der Waals surface area contributed by atoms with Gasteiger partial charge in [-0.1, -0.05) is 36.4 Å². The van der Waals surface area contributed by atoms with Gasteiger partial charge in [-0.3, -0.25) is 9.59 Å². The largest absolute Gasteiger partial charge is 0.419 e. The van der Waals surface area contributed by atoms with E-state index in [1.165, 1.54) is 0 Å². The number of aromatic nitrogens is 2. The lowest BCUT2D eigenvalue weighted by Gasteiger charge is -2.35. The van der Waals surface area contributed by atoms with E-state index in [4.69, 9.17) is 5.73 Å². The number of hydrogen-bond donors (Lipinski definition) is 1. The topological polar surface area (TPSA) is 92.4 Å². The minimum absolute atomic E-state index is 0.0275. The maximum Gasteiger partial charge on any atom is 0.419 e. The Bertz CT molecular complexity index is 1290. The molecule has 10 heteroatoms. The van der Waals surface area contributed by atoms with Gasteiger partial charge in [-0.05, 0) is 41.7 Å². The van der Waals surface area contributed by atoms with Crippen molar-refractivity contribution in [3.05, 3.63) is 88.5 Å². The van der Waals surface area contributed by atoms with Gasteiger partial charge in [0.2, 0.25) is 11.8 Å². The van der Waals surface area contributed by atoms with Gasteiger partial charge in [-0.25, -0.2) is 9.97 Å². The molecule has 200 valence electrons. The molecule has 1 fully saturated rings. The van der Waals surface area contributed by atoms with Crippen molar-refractivity contribution in [2.75, 3.05) is 31.1 Å². The summed E-state index contributed by atoms with van der Waals surface area (Å²) in [5, 5.41) is 0. The first-order chi connectivity index (χ1) is 18.1. The molecule has 3 aromatic rings. The van der Waals surface area contributed by atoms with Crippen molar-refractivity contribution in [2.24, 2.45) is 5.73 Å². The molecule has 1 aliphatic rings. The summed E-state index contributed by atoms with van der Waals surface area (Å²) in [6.45, 7) is 4.40. The maximum absolute atomic E-state index is 13.7. The number of benzene rings is 2. The van der Waals surface area contributed by atoms with E-state index in [2.05, 4.69) is 14.9 Å². The third-order valence-electron chi connectivity index (χ3n) is 6.73. The minimum Gasteiger partial charge on any atom is -0.369 e. The van der Waals surface area contributed by atoms with Crippen LogP contribution in [0.4, 0.5) is 18.9 Å². The third kappa shape index (κ3) is 6.87. The second-order valence-electron chi connectivity index (χ2n) is 9.39. The number of alkyl halides is 3. The molecule has 0 radical (unpaired) electrons. The molecule has 0 atom stereocenters. The normalized spacial score (nSPS) is 14.0. The van der Waals surface area contributed by atoms with E-state index >= 15 is 0 Å². The molecule has 1 saturated heterocycles. The van der Waals surface area contributed by atoms with Crippen molar-refractivity contribution in [2.45, 2.75) is 38.8 Å². The lowest BCUT2D eigenvalue weighted by atomic mass is 9.98. The van der Waals surface area contributed by atoms with Crippen LogP contribution in [-0.4, -0.2) is 52.9 Å². The van der Waals surface area contributed by atoms with Gasteiger partial charge < -0.3 is 15.5 Å². The molecule has 38 heavy (non-hydrogen) atoms. The Labute approximate surface area is 219 Å². The van der Waals surface area contributed by atoms with Crippen molar-refractivity contribution < 1.29 is 22.8 Å². The molecular weight excluding hydrogens is 495 g/mol. The number of hydrogen-bond acceptors (Lipinski definition) is 5. The Hall–Kier alpha value is -3.95. The highest BCUT2D eigenvalue weighted by Gasteiger charge is 2.34. The van der Waals surface area contributed by atoms with Gasteiger partial charge in [-0.2, -0.15) is 13.2 Å². The molecule has 7 nitrogen and oxygen atoms in total. The zero-order valence-electron chi connectivity index (χ0n) is 21.2. The van der Waals surface area contributed by atoms with Crippen LogP contribution in [0, 0.1) is 0 Å². The number of anilines is 1. The van der Waals surface area contributed by atoms with E-state index in [9.17, 15) is 22.8 Å². The standard InChI is InChI=1S/C28H30F3N5O2/c1-19(37)35-12-14-36(15-13-35)23-9-6-20(7-10-23)16-27-33-18-24(28(29,30)31)25(34-27)11-8-21-4-2-3-5-22(21)17-26(32)38/h2-7,9-10,18H,8,11-17H2,1H3,(H2,32,38). The van der Waals surface area contributed by atoms with Crippen molar-refractivity contribution in [3.8, 4) is 0 Å². The van der Waals surface area contributed by atoms with E-state index in [1.54, 1.807) is 31.2 Å². The van der Waals surface area contributed by atoms with Crippen molar-refractivity contribution >= 4 is 17.5 Å². The summed E-state index contributed by atoms with van der Waals surface area (Å²) in [5.74, 6) is -0.117. The van der Waals surface area contributed by atoms with Crippen LogP contribution in [0.25, 0.3) is 0 Å². The number of nitrogens with zero attached hydrogens (tertiary/aromatic N) is 4. The van der Waals surface area contributed by atoms with E-state index in [0.29, 0.717) is 30.9 Å². The fraction of sp³-hybridized carbons (Fsp3) is 0.357. The minimum atomic E-state index is -4.57. The Balaban J connectivity index is 1.47. The number of carbonyl (C=O) groups excluding carboxylic acids is 2. The summed E-state index contributed by atoms with van der Waals surface area (Å²) in [7, 11) is 0. The van der Waals surface area contributed by atoms with Crippen LogP contribution < -0.4 is 10.6 Å². The molecule has 1 aromatic heterocycles. The molecule has 0 unspecified atom stereocenters. The fourth-order valence-electron chi connectivity index (χ4n) is 4.67. The predicted octanol–water partition coefficient (Wildman–Crippen LogP) is 3.57. The van der Waals surface area contributed by atoms with Crippen LogP contribution in [0.3, 0.4) is 0 Å². The van der Waals surface area contributed by atoms with Crippen LogP contribution in [-0.2, 0) is 41.4 Å². The average Bonchev–Trinajstić information content (AvgIpc) is 2.88.